The second kappa shape index (κ2) is 17.2. The van der Waals surface area contributed by atoms with Crippen LogP contribution in [0.1, 0.15) is 89.5 Å². The van der Waals surface area contributed by atoms with Crippen molar-refractivity contribution in [3.63, 3.8) is 0 Å². The van der Waals surface area contributed by atoms with Crippen molar-refractivity contribution in [2.24, 2.45) is 18.9 Å². The Hall–Kier alpha value is -3.21. The fourth-order valence-electron chi connectivity index (χ4n) is 5.60. The molecule has 1 aromatic heterocycles. The summed E-state index contributed by atoms with van der Waals surface area (Å²) in [5.74, 6) is 0.850. The van der Waals surface area contributed by atoms with E-state index in [2.05, 4.69) is 114 Å². The van der Waals surface area contributed by atoms with Crippen molar-refractivity contribution in [2.45, 2.75) is 92.3 Å². The van der Waals surface area contributed by atoms with Crippen LogP contribution in [-0.4, -0.2) is 29.0 Å². The SMILES string of the molecule is C/C=C(\C=C/NC)C1Cc2cccc(c2C)C(c2cc[n+](C)cc2)C=CCC2=CC(O)C=C1C2(C)O.CC(C)C.CCC. The van der Waals surface area contributed by atoms with Crippen molar-refractivity contribution in [1.29, 1.82) is 0 Å². The Bertz CT molecular complexity index is 1310. The largest absolute Gasteiger partial charge is 0.394 e. The lowest BCUT2D eigenvalue weighted by Gasteiger charge is -2.39. The minimum atomic E-state index is -1.16. The van der Waals surface area contributed by atoms with Crippen LogP contribution in [0.5, 0.6) is 0 Å². The van der Waals surface area contributed by atoms with Gasteiger partial charge in [-0.15, -0.1) is 0 Å². The molecule has 0 saturated carbocycles. The Morgan fingerprint density at radius 1 is 1.12 bits per heavy atom. The molecule has 4 unspecified atom stereocenters. The topological polar surface area (TPSA) is 56.4 Å². The number of fused-ring (bicyclic) bond motifs is 4. The first-order valence-electron chi connectivity index (χ1n) is 15.9. The van der Waals surface area contributed by atoms with Gasteiger partial charge in [0.05, 0.1) is 6.10 Å². The van der Waals surface area contributed by atoms with Crippen LogP contribution >= 0.6 is 0 Å². The Labute approximate surface area is 262 Å². The van der Waals surface area contributed by atoms with Gasteiger partial charge < -0.3 is 15.5 Å². The van der Waals surface area contributed by atoms with Gasteiger partial charge >= 0.3 is 0 Å². The molecule has 2 aromatic rings. The summed E-state index contributed by atoms with van der Waals surface area (Å²) in [5, 5.41) is 25.8. The normalized spacial score (nSPS) is 23.6. The van der Waals surface area contributed by atoms with E-state index in [1.54, 1.807) is 6.08 Å². The van der Waals surface area contributed by atoms with Gasteiger partial charge in [-0.1, -0.05) is 77.5 Å². The number of aryl methyl sites for hydroxylation is 1. The minimum Gasteiger partial charge on any atom is -0.394 e. The molecular weight excluding hydrogens is 528 g/mol. The minimum absolute atomic E-state index is 0.0838. The van der Waals surface area contributed by atoms with E-state index in [0.717, 1.165) is 29.1 Å². The molecule has 2 aliphatic rings. The average molecular weight is 586 g/mol. The summed E-state index contributed by atoms with van der Waals surface area (Å²) in [6.45, 7) is 16.9. The van der Waals surface area contributed by atoms with Crippen LogP contribution in [0, 0.1) is 18.8 Å². The van der Waals surface area contributed by atoms with Crippen molar-refractivity contribution in [3.8, 4) is 0 Å². The first-order valence-corrected chi connectivity index (χ1v) is 15.9. The summed E-state index contributed by atoms with van der Waals surface area (Å²) in [7, 11) is 3.91. The zero-order valence-electron chi connectivity index (χ0n) is 28.4. The van der Waals surface area contributed by atoms with Gasteiger partial charge in [0, 0.05) is 31.0 Å². The van der Waals surface area contributed by atoms with Gasteiger partial charge in [0.1, 0.15) is 12.6 Å². The second-order valence-electron chi connectivity index (χ2n) is 12.5. The number of aromatic nitrogens is 1. The van der Waals surface area contributed by atoms with Crippen molar-refractivity contribution < 1.29 is 14.8 Å². The van der Waals surface area contributed by atoms with E-state index in [1.807, 2.05) is 44.8 Å². The molecule has 4 bridgehead atoms. The second-order valence-corrected chi connectivity index (χ2v) is 12.5. The molecule has 0 aliphatic heterocycles. The Morgan fingerprint density at radius 3 is 2.33 bits per heavy atom. The van der Waals surface area contributed by atoms with Crippen LogP contribution < -0.4 is 9.88 Å². The standard InChI is InChI=1S/C32H39N2O2.C4H10.C3H8/c1-6-23(13-16-33-4)30-19-25-9-7-11-28(22(25)2)29(24-14-17-34(5)18-15-24)12-8-10-26-20-27(35)21-31(30)32(26,3)36;1-4(2)3;1-3-2/h6-9,11-18,20-21,27,29-30,33,35-36H,10,19H2,1-5H3;4H,1-3H3;3H2,1-2H3/q+1;;/b12-8?,16-13-,23-6+;;. The molecule has 0 spiro atoms. The summed E-state index contributed by atoms with van der Waals surface area (Å²) < 4.78 is 2.05. The van der Waals surface area contributed by atoms with E-state index in [1.165, 1.54) is 28.7 Å². The third kappa shape index (κ3) is 9.91. The maximum absolute atomic E-state index is 11.9. The van der Waals surface area contributed by atoms with E-state index >= 15 is 0 Å². The predicted octanol–water partition coefficient (Wildman–Crippen LogP) is 7.81. The number of aliphatic hydroxyl groups is 2. The van der Waals surface area contributed by atoms with Crippen LogP contribution in [-0.2, 0) is 13.5 Å². The molecule has 3 N–H and O–H groups in total. The number of benzene rings is 1. The smallest absolute Gasteiger partial charge is 0.168 e. The van der Waals surface area contributed by atoms with Crippen LogP contribution in [0.15, 0.2) is 102 Å². The fourth-order valence-corrected chi connectivity index (χ4v) is 5.60. The highest BCUT2D eigenvalue weighted by molar-refractivity contribution is 5.49. The van der Waals surface area contributed by atoms with Crippen molar-refractivity contribution in [3.05, 3.63) is 124 Å². The molecule has 4 heteroatoms. The highest BCUT2D eigenvalue weighted by atomic mass is 16.3. The van der Waals surface area contributed by atoms with E-state index in [-0.39, 0.29) is 11.8 Å². The molecule has 2 aliphatic carbocycles. The molecule has 0 amide bonds. The molecule has 1 heterocycles. The summed E-state index contributed by atoms with van der Waals surface area (Å²) in [6, 6.07) is 10.9. The van der Waals surface area contributed by atoms with E-state index < -0.39 is 11.7 Å². The van der Waals surface area contributed by atoms with Gasteiger partial charge in [-0.2, -0.15) is 0 Å². The lowest BCUT2D eigenvalue weighted by molar-refractivity contribution is -0.671. The van der Waals surface area contributed by atoms with Crippen LogP contribution in [0.25, 0.3) is 0 Å². The summed E-state index contributed by atoms with van der Waals surface area (Å²) in [5.41, 5.74) is 6.68. The van der Waals surface area contributed by atoms with E-state index in [4.69, 9.17) is 0 Å². The zero-order chi connectivity index (χ0) is 32.2. The molecule has 1 aromatic carbocycles. The predicted molar refractivity (Wildman–Crippen MR) is 183 cm³/mol. The summed E-state index contributed by atoms with van der Waals surface area (Å²) in [6.07, 6.45) is 20.1. The van der Waals surface area contributed by atoms with Crippen LogP contribution in [0.4, 0.5) is 0 Å². The summed E-state index contributed by atoms with van der Waals surface area (Å²) >= 11 is 0. The maximum atomic E-state index is 11.9. The average Bonchev–Trinajstić information content (AvgIpc) is 2.94. The fraction of sp³-hybridized carbons (Fsp3) is 0.462. The van der Waals surface area contributed by atoms with Crippen LogP contribution in [0.2, 0.25) is 0 Å². The van der Waals surface area contributed by atoms with E-state index in [0.29, 0.717) is 6.42 Å². The number of hydrogen-bond donors (Lipinski definition) is 3. The van der Waals surface area contributed by atoms with Crippen molar-refractivity contribution in [1.82, 2.24) is 5.32 Å². The van der Waals surface area contributed by atoms with Gasteiger partial charge in [-0.3, -0.25) is 0 Å². The van der Waals surface area contributed by atoms with Gasteiger partial charge in [0.15, 0.2) is 12.4 Å². The molecule has 4 atom stereocenters. The lowest BCUT2D eigenvalue weighted by Crippen LogP contribution is -2.38. The van der Waals surface area contributed by atoms with Crippen LogP contribution in [0.3, 0.4) is 0 Å². The Kier molecular flexibility index (Phi) is 14.4. The number of nitrogens with one attached hydrogen (secondary N) is 1. The molecule has 0 fully saturated rings. The monoisotopic (exact) mass is 585 g/mol. The molecular formula is C39H57N2O2+. The molecule has 4 rings (SSSR count). The number of hydrogen-bond acceptors (Lipinski definition) is 3. The third-order valence-corrected chi connectivity index (χ3v) is 7.74. The molecule has 0 saturated heterocycles. The zero-order valence-corrected chi connectivity index (χ0v) is 28.4. The first kappa shape index (κ1) is 36.0. The quantitative estimate of drug-likeness (QED) is 0.195. The highest BCUT2D eigenvalue weighted by Gasteiger charge is 2.39. The first-order chi connectivity index (χ1) is 20.4. The van der Waals surface area contributed by atoms with Crippen molar-refractivity contribution >= 4 is 0 Å². The third-order valence-electron chi connectivity index (χ3n) is 7.74. The summed E-state index contributed by atoms with van der Waals surface area (Å²) in [4.78, 5) is 0. The van der Waals surface area contributed by atoms with Gasteiger partial charge in [-0.05, 0) is 103 Å². The van der Waals surface area contributed by atoms with Gasteiger partial charge in [0.2, 0.25) is 0 Å². The lowest BCUT2D eigenvalue weighted by atomic mass is 9.70. The molecule has 4 nitrogen and oxygen atoms in total. The Morgan fingerprint density at radius 2 is 1.74 bits per heavy atom. The van der Waals surface area contributed by atoms with E-state index in [9.17, 15) is 10.2 Å². The maximum Gasteiger partial charge on any atom is 0.168 e. The van der Waals surface area contributed by atoms with Gasteiger partial charge in [-0.25, -0.2) is 4.57 Å². The van der Waals surface area contributed by atoms with Gasteiger partial charge in [0.25, 0.3) is 0 Å². The number of nitrogens with zero attached hydrogens (tertiary/aromatic N) is 1. The Balaban J connectivity index is 0.000000836. The molecule has 0 radical (unpaired) electrons. The number of allylic oxidation sites excluding steroid dienone is 5. The number of aliphatic hydroxyl groups excluding tert-OH is 1. The highest BCUT2D eigenvalue weighted by Crippen LogP contribution is 2.42. The molecule has 234 valence electrons. The van der Waals surface area contributed by atoms with Crippen molar-refractivity contribution in [2.75, 3.05) is 7.05 Å². The molecule has 43 heavy (non-hydrogen) atoms. The number of rotatable bonds is 4. The number of pyridine rings is 1.